The van der Waals surface area contributed by atoms with Gasteiger partial charge in [-0.05, 0) is 12.3 Å². The molecule has 0 atom stereocenters. The normalized spacial score (nSPS) is 10.5. The maximum absolute atomic E-state index is 11.0. The molecule has 0 radical (unpaired) electrons. The van der Waals surface area contributed by atoms with Gasteiger partial charge in [0.05, 0.1) is 6.61 Å². The van der Waals surface area contributed by atoms with Crippen LogP contribution in [0.25, 0.3) is 0 Å². The molecule has 0 rings (SSSR count). The first kappa shape index (κ1) is 12.4. The number of ether oxygens (including phenoxy) is 1. The molecule has 0 saturated carbocycles. The maximum atomic E-state index is 11.0. The Kier molecular flexibility index (Phi) is 7.69. The van der Waals surface area contributed by atoms with Crippen LogP contribution in [0.2, 0.25) is 0 Å². The van der Waals surface area contributed by atoms with Gasteiger partial charge in [-0.15, -0.1) is 0 Å². The second-order valence-electron chi connectivity index (χ2n) is 3.57. The average molecular weight is 187 g/mol. The van der Waals surface area contributed by atoms with Gasteiger partial charge < -0.3 is 10.1 Å². The summed E-state index contributed by atoms with van der Waals surface area (Å²) in [7, 11) is 0. The molecule has 0 fully saturated rings. The molecule has 0 heterocycles. The predicted molar refractivity (Wildman–Crippen MR) is 53.6 cm³/mol. The van der Waals surface area contributed by atoms with E-state index < -0.39 is 0 Å². The van der Waals surface area contributed by atoms with Crippen molar-refractivity contribution in [3.8, 4) is 0 Å². The Morgan fingerprint density at radius 1 is 1.46 bits per heavy atom. The van der Waals surface area contributed by atoms with Crippen LogP contribution >= 0.6 is 0 Å². The first-order valence-corrected chi connectivity index (χ1v) is 5.01. The van der Waals surface area contributed by atoms with Gasteiger partial charge in [0, 0.05) is 19.6 Å². The third kappa shape index (κ3) is 9.34. The van der Waals surface area contributed by atoms with E-state index in [1.165, 1.54) is 0 Å². The first-order valence-electron chi connectivity index (χ1n) is 5.01. The minimum atomic E-state index is 0.121. The standard InChI is InChI=1S/C10H21NO2/c1-4-5-10(12)11-6-7-13-8-9(2)3/h9H,4-8H2,1-3H3,(H,11,12). The minimum Gasteiger partial charge on any atom is -0.379 e. The fourth-order valence-corrected chi connectivity index (χ4v) is 0.897. The molecule has 13 heavy (non-hydrogen) atoms. The highest BCUT2D eigenvalue weighted by molar-refractivity contribution is 5.75. The molecule has 3 nitrogen and oxygen atoms in total. The van der Waals surface area contributed by atoms with Crippen molar-refractivity contribution in [3.05, 3.63) is 0 Å². The van der Waals surface area contributed by atoms with E-state index in [9.17, 15) is 4.79 Å². The van der Waals surface area contributed by atoms with Gasteiger partial charge in [0.15, 0.2) is 0 Å². The monoisotopic (exact) mass is 187 g/mol. The Morgan fingerprint density at radius 2 is 2.15 bits per heavy atom. The highest BCUT2D eigenvalue weighted by Crippen LogP contribution is 1.91. The smallest absolute Gasteiger partial charge is 0.220 e. The van der Waals surface area contributed by atoms with Crippen molar-refractivity contribution in [3.63, 3.8) is 0 Å². The van der Waals surface area contributed by atoms with E-state index in [1.54, 1.807) is 0 Å². The average Bonchev–Trinajstić information content (AvgIpc) is 2.03. The van der Waals surface area contributed by atoms with Crippen molar-refractivity contribution in [2.24, 2.45) is 5.92 Å². The summed E-state index contributed by atoms with van der Waals surface area (Å²) in [4.78, 5) is 11.0. The molecular formula is C10H21NO2. The van der Waals surface area contributed by atoms with E-state index in [0.29, 0.717) is 25.5 Å². The van der Waals surface area contributed by atoms with Crippen molar-refractivity contribution >= 4 is 5.91 Å². The number of amides is 1. The Bertz CT molecular complexity index is 135. The van der Waals surface area contributed by atoms with Crippen LogP contribution in [-0.2, 0) is 9.53 Å². The quantitative estimate of drug-likeness (QED) is 0.614. The van der Waals surface area contributed by atoms with E-state index >= 15 is 0 Å². The molecule has 0 saturated heterocycles. The van der Waals surface area contributed by atoms with Gasteiger partial charge in [0.2, 0.25) is 5.91 Å². The number of nitrogens with one attached hydrogen (secondary N) is 1. The molecule has 0 aromatic heterocycles. The lowest BCUT2D eigenvalue weighted by atomic mass is 10.2. The molecule has 0 aromatic carbocycles. The molecule has 0 aliphatic carbocycles. The molecule has 0 spiro atoms. The van der Waals surface area contributed by atoms with Crippen molar-refractivity contribution in [2.75, 3.05) is 19.8 Å². The van der Waals surface area contributed by atoms with Crippen LogP contribution in [0, 0.1) is 5.92 Å². The fourth-order valence-electron chi connectivity index (χ4n) is 0.897. The van der Waals surface area contributed by atoms with Gasteiger partial charge in [-0.1, -0.05) is 20.8 Å². The van der Waals surface area contributed by atoms with Crippen molar-refractivity contribution < 1.29 is 9.53 Å². The minimum absolute atomic E-state index is 0.121. The number of hydrogen-bond acceptors (Lipinski definition) is 2. The van der Waals surface area contributed by atoms with Gasteiger partial charge in [-0.2, -0.15) is 0 Å². The summed E-state index contributed by atoms with van der Waals surface area (Å²) in [5.74, 6) is 0.682. The van der Waals surface area contributed by atoms with Crippen molar-refractivity contribution in [1.82, 2.24) is 5.32 Å². The zero-order valence-electron chi connectivity index (χ0n) is 8.93. The number of carbonyl (C=O) groups is 1. The maximum Gasteiger partial charge on any atom is 0.220 e. The van der Waals surface area contributed by atoms with E-state index in [0.717, 1.165) is 13.0 Å². The van der Waals surface area contributed by atoms with Gasteiger partial charge in [-0.25, -0.2) is 0 Å². The van der Waals surface area contributed by atoms with E-state index in [1.807, 2.05) is 6.92 Å². The first-order chi connectivity index (χ1) is 6.16. The van der Waals surface area contributed by atoms with Crippen molar-refractivity contribution in [1.29, 1.82) is 0 Å². The highest BCUT2D eigenvalue weighted by atomic mass is 16.5. The molecule has 3 heteroatoms. The Balaban J connectivity index is 3.11. The Hall–Kier alpha value is -0.570. The zero-order chi connectivity index (χ0) is 10.1. The third-order valence-corrected chi connectivity index (χ3v) is 1.50. The van der Waals surface area contributed by atoms with Crippen LogP contribution in [0.3, 0.4) is 0 Å². The van der Waals surface area contributed by atoms with E-state index in [2.05, 4.69) is 19.2 Å². The van der Waals surface area contributed by atoms with E-state index in [4.69, 9.17) is 4.74 Å². The fraction of sp³-hybridized carbons (Fsp3) is 0.900. The molecule has 1 N–H and O–H groups in total. The van der Waals surface area contributed by atoms with Crippen LogP contribution in [-0.4, -0.2) is 25.7 Å². The van der Waals surface area contributed by atoms with Crippen LogP contribution in [0.1, 0.15) is 33.6 Å². The molecular weight excluding hydrogens is 166 g/mol. The molecule has 0 aliphatic heterocycles. The molecule has 1 amide bonds. The highest BCUT2D eigenvalue weighted by Gasteiger charge is 1.97. The lowest BCUT2D eigenvalue weighted by Gasteiger charge is -2.07. The molecule has 0 unspecified atom stereocenters. The summed E-state index contributed by atoms with van der Waals surface area (Å²) in [5.41, 5.74) is 0. The zero-order valence-corrected chi connectivity index (χ0v) is 8.93. The number of rotatable bonds is 7. The summed E-state index contributed by atoms with van der Waals surface area (Å²) in [6.07, 6.45) is 1.52. The lowest BCUT2D eigenvalue weighted by Crippen LogP contribution is -2.27. The Labute approximate surface area is 80.8 Å². The lowest BCUT2D eigenvalue weighted by molar-refractivity contribution is -0.121. The van der Waals surface area contributed by atoms with Gasteiger partial charge in [0.1, 0.15) is 0 Å². The van der Waals surface area contributed by atoms with Gasteiger partial charge in [0.25, 0.3) is 0 Å². The number of carbonyl (C=O) groups excluding carboxylic acids is 1. The Morgan fingerprint density at radius 3 is 2.69 bits per heavy atom. The largest absolute Gasteiger partial charge is 0.379 e. The predicted octanol–water partition coefficient (Wildman–Crippen LogP) is 1.58. The van der Waals surface area contributed by atoms with Crippen LogP contribution in [0.5, 0.6) is 0 Å². The van der Waals surface area contributed by atoms with Crippen LogP contribution in [0.15, 0.2) is 0 Å². The molecule has 0 aliphatic rings. The second kappa shape index (κ2) is 8.05. The van der Waals surface area contributed by atoms with Crippen molar-refractivity contribution in [2.45, 2.75) is 33.6 Å². The molecule has 0 bridgehead atoms. The summed E-state index contributed by atoms with van der Waals surface area (Å²) in [5, 5.41) is 2.79. The summed E-state index contributed by atoms with van der Waals surface area (Å²) < 4.78 is 5.31. The van der Waals surface area contributed by atoms with Crippen LogP contribution < -0.4 is 5.32 Å². The van der Waals surface area contributed by atoms with Gasteiger partial charge >= 0.3 is 0 Å². The van der Waals surface area contributed by atoms with Gasteiger partial charge in [-0.3, -0.25) is 4.79 Å². The summed E-state index contributed by atoms with van der Waals surface area (Å²) >= 11 is 0. The second-order valence-corrected chi connectivity index (χ2v) is 3.57. The molecule has 0 aromatic rings. The van der Waals surface area contributed by atoms with E-state index in [-0.39, 0.29) is 5.91 Å². The SMILES string of the molecule is CCCC(=O)NCCOCC(C)C. The van der Waals surface area contributed by atoms with Crippen LogP contribution in [0.4, 0.5) is 0 Å². The summed E-state index contributed by atoms with van der Waals surface area (Å²) in [6, 6.07) is 0. The third-order valence-electron chi connectivity index (χ3n) is 1.50. The topological polar surface area (TPSA) is 38.3 Å². The summed E-state index contributed by atoms with van der Waals surface area (Å²) in [6.45, 7) is 8.23. The number of hydrogen-bond donors (Lipinski definition) is 1. The molecule has 78 valence electrons.